The van der Waals surface area contributed by atoms with Crippen LogP contribution in [0.15, 0.2) is 4.99 Å². The number of aliphatic hydroxyl groups excluding tert-OH is 1. The molecule has 55 heavy (non-hydrogen) atoms. The van der Waals surface area contributed by atoms with Gasteiger partial charge in [0.25, 0.3) is 0 Å². The van der Waals surface area contributed by atoms with E-state index < -0.39 is 109 Å². The first-order valence-corrected chi connectivity index (χ1v) is 18.0. The molecule has 0 aliphatic heterocycles. The van der Waals surface area contributed by atoms with Gasteiger partial charge in [-0.2, -0.15) is 0 Å². The van der Waals surface area contributed by atoms with E-state index in [0.29, 0.717) is 25.8 Å². The first kappa shape index (κ1) is 49.9. The van der Waals surface area contributed by atoms with Crippen molar-refractivity contribution in [1.29, 1.82) is 0 Å². The van der Waals surface area contributed by atoms with Crippen LogP contribution in [0.3, 0.4) is 0 Å². The highest BCUT2D eigenvalue weighted by Crippen LogP contribution is 2.09. The lowest BCUT2D eigenvalue weighted by atomic mass is 10.0. The Morgan fingerprint density at radius 1 is 0.673 bits per heavy atom. The number of carboxylic acid groups (broad SMARTS) is 2. The van der Waals surface area contributed by atoms with Gasteiger partial charge >= 0.3 is 11.9 Å². The van der Waals surface area contributed by atoms with Gasteiger partial charge in [0.05, 0.1) is 25.1 Å². The van der Waals surface area contributed by atoms with Crippen LogP contribution in [-0.4, -0.2) is 131 Å². The molecule has 0 rings (SSSR count). The van der Waals surface area contributed by atoms with Gasteiger partial charge in [-0.05, 0) is 63.8 Å². The molecule has 0 saturated carbocycles. The van der Waals surface area contributed by atoms with E-state index >= 15 is 0 Å². The zero-order valence-electron chi connectivity index (χ0n) is 32.1. The Kier molecular flexibility index (Phi) is 23.5. The van der Waals surface area contributed by atoms with Gasteiger partial charge in [-0.25, -0.2) is 4.79 Å². The highest BCUT2D eigenvalue weighted by atomic mass is 16.4. The van der Waals surface area contributed by atoms with Gasteiger partial charge in [-0.15, -0.1) is 0 Å². The molecule has 0 spiro atoms. The number of rotatable bonds is 27. The first-order chi connectivity index (χ1) is 25.6. The molecule has 0 radical (unpaired) electrons. The molecule has 6 amide bonds. The fourth-order valence-electron chi connectivity index (χ4n) is 5.04. The quantitative estimate of drug-likeness (QED) is 0.0213. The van der Waals surface area contributed by atoms with Crippen LogP contribution >= 0.6 is 0 Å². The maximum atomic E-state index is 13.6. The number of unbranched alkanes of at least 4 members (excludes halogenated alkanes) is 1. The smallest absolute Gasteiger partial charge is 0.328 e. The van der Waals surface area contributed by atoms with E-state index in [-0.39, 0.29) is 37.7 Å². The minimum absolute atomic E-state index is 0.000569. The summed E-state index contributed by atoms with van der Waals surface area (Å²) in [6, 6.07) is -8.43. The molecule has 22 heteroatoms. The summed E-state index contributed by atoms with van der Waals surface area (Å²) in [6.45, 7) is 7.84. The van der Waals surface area contributed by atoms with Crippen LogP contribution in [0, 0.1) is 11.8 Å². The summed E-state index contributed by atoms with van der Waals surface area (Å²) < 4.78 is 0. The van der Waals surface area contributed by atoms with Crippen LogP contribution in [0.25, 0.3) is 0 Å². The number of nitrogens with two attached hydrogens (primary N) is 4. The summed E-state index contributed by atoms with van der Waals surface area (Å²) in [5, 5.41) is 43.0. The lowest BCUT2D eigenvalue weighted by molar-refractivity contribution is -0.145. The van der Waals surface area contributed by atoms with E-state index in [1.165, 1.54) is 0 Å². The number of aliphatic carboxylic acids is 2. The number of aliphatic hydroxyl groups is 1. The van der Waals surface area contributed by atoms with Crippen molar-refractivity contribution in [3.8, 4) is 0 Å². The van der Waals surface area contributed by atoms with Gasteiger partial charge in [-0.1, -0.05) is 27.7 Å². The molecule has 0 aliphatic carbocycles. The predicted octanol–water partition coefficient (Wildman–Crippen LogP) is -4.32. The topological polar surface area (TPSA) is 386 Å². The molecule has 17 N–H and O–H groups in total. The van der Waals surface area contributed by atoms with Gasteiger partial charge in [0.1, 0.15) is 24.2 Å². The Morgan fingerprint density at radius 2 is 1.20 bits per heavy atom. The van der Waals surface area contributed by atoms with E-state index in [4.69, 9.17) is 22.9 Å². The zero-order chi connectivity index (χ0) is 42.4. The summed E-state index contributed by atoms with van der Waals surface area (Å²) in [4.78, 5) is 106. The number of carbonyl (C=O) groups is 8. The monoisotopic (exact) mass is 787 g/mol. The van der Waals surface area contributed by atoms with E-state index in [1.54, 1.807) is 13.8 Å². The van der Waals surface area contributed by atoms with Crippen molar-refractivity contribution in [2.24, 2.45) is 39.8 Å². The predicted molar refractivity (Wildman–Crippen MR) is 199 cm³/mol. The summed E-state index contributed by atoms with van der Waals surface area (Å²) in [5.74, 6) is -9.04. The molecule has 0 aliphatic rings. The number of hydrogen-bond donors (Lipinski definition) is 13. The molecule has 0 fully saturated rings. The fourth-order valence-corrected chi connectivity index (χ4v) is 5.04. The average molecular weight is 788 g/mol. The highest BCUT2D eigenvalue weighted by Gasteiger charge is 2.35. The van der Waals surface area contributed by atoms with Crippen molar-refractivity contribution >= 4 is 53.3 Å². The number of nitrogens with one attached hydrogen (secondary N) is 6. The van der Waals surface area contributed by atoms with Gasteiger partial charge in [0.15, 0.2) is 12.0 Å². The lowest BCUT2D eigenvalue weighted by Crippen LogP contribution is -2.60. The van der Waals surface area contributed by atoms with E-state index in [1.807, 2.05) is 13.8 Å². The Morgan fingerprint density at radius 3 is 1.69 bits per heavy atom. The van der Waals surface area contributed by atoms with Crippen LogP contribution < -0.4 is 54.8 Å². The van der Waals surface area contributed by atoms with Crippen molar-refractivity contribution < 1.29 is 53.7 Å². The van der Waals surface area contributed by atoms with Crippen molar-refractivity contribution in [3.63, 3.8) is 0 Å². The average Bonchev–Trinajstić information content (AvgIpc) is 3.07. The molecule has 0 saturated heterocycles. The van der Waals surface area contributed by atoms with Crippen molar-refractivity contribution in [3.05, 3.63) is 0 Å². The van der Waals surface area contributed by atoms with Crippen LogP contribution in [-0.2, 0) is 38.4 Å². The van der Waals surface area contributed by atoms with Gasteiger partial charge in [0.2, 0.25) is 35.4 Å². The molecule has 0 aromatic carbocycles. The molecular formula is C33H61N11O11. The number of carbonyl (C=O) groups excluding carboxylic acids is 6. The lowest BCUT2D eigenvalue weighted by Gasteiger charge is -2.28. The number of amides is 6. The summed E-state index contributed by atoms with van der Waals surface area (Å²) in [6.07, 6.45) is -1.18. The van der Waals surface area contributed by atoms with Crippen LogP contribution in [0.4, 0.5) is 0 Å². The highest BCUT2D eigenvalue weighted by molar-refractivity contribution is 5.97. The SMILES string of the molecule is CC(C)C[C@H](N)C(=O)NCC(=O)N[C@@H](CCCCN)C(=O)N[C@H](C(=O)N[C@@H](CC(=O)O)C(=O)N[C@@H](CCCN=C(N)N)C(=O)N[C@H](C(=O)O)[C@@H](C)O)C(C)C. The van der Waals surface area contributed by atoms with Gasteiger partial charge < -0.3 is 70.2 Å². The Balaban J connectivity index is 6.10. The normalized spacial score (nSPS) is 14.9. The Bertz CT molecular complexity index is 1340. The van der Waals surface area contributed by atoms with Crippen molar-refractivity contribution in [2.75, 3.05) is 19.6 Å². The van der Waals surface area contributed by atoms with Crippen LogP contribution in [0.1, 0.15) is 79.6 Å². The van der Waals surface area contributed by atoms with E-state index in [2.05, 4.69) is 36.9 Å². The number of guanidine groups is 1. The summed E-state index contributed by atoms with van der Waals surface area (Å²) >= 11 is 0. The number of hydrogen-bond acceptors (Lipinski definition) is 12. The number of aliphatic imine (C=N–C) groups is 1. The molecule has 0 aromatic rings. The third kappa shape index (κ3) is 20.8. The zero-order valence-corrected chi connectivity index (χ0v) is 32.1. The molecule has 0 bridgehead atoms. The second-order valence-corrected chi connectivity index (χ2v) is 13.8. The molecule has 0 aromatic heterocycles. The Labute approximate surface area is 320 Å². The van der Waals surface area contributed by atoms with Crippen molar-refractivity contribution in [2.45, 2.75) is 122 Å². The van der Waals surface area contributed by atoms with E-state index in [9.17, 15) is 53.7 Å². The minimum Gasteiger partial charge on any atom is -0.481 e. The van der Waals surface area contributed by atoms with Gasteiger partial charge in [-0.3, -0.25) is 38.6 Å². The minimum atomic E-state index is -1.80. The third-order valence-corrected chi connectivity index (χ3v) is 7.97. The standard InChI is InChI=1S/C33H61N11O11/c1-16(2)13-19(35)27(49)39-15-23(46)40-20(9-6-7-11-34)28(50)43-25(17(3)4)31(53)42-22(14-24(47)48)30(52)41-21(10-8-12-38-33(36)37)29(51)44-26(18(5)45)32(54)55/h16-22,25-26,45H,6-15,34-35H2,1-5H3,(H,39,49)(H,40,46)(H,41,52)(H,42,53)(H,43,50)(H,44,51)(H,47,48)(H,54,55)(H4,36,37,38)/t18-,19+,20+,21+,22+,25+,26+/m1/s1. The summed E-state index contributed by atoms with van der Waals surface area (Å²) in [7, 11) is 0. The Hall–Kier alpha value is -5.09. The number of carboxylic acids is 2. The van der Waals surface area contributed by atoms with Gasteiger partial charge in [0, 0.05) is 6.54 Å². The molecular weight excluding hydrogens is 726 g/mol. The van der Waals surface area contributed by atoms with Crippen LogP contribution in [0.5, 0.6) is 0 Å². The van der Waals surface area contributed by atoms with Crippen molar-refractivity contribution in [1.82, 2.24) is 31.9 Å². The largest absolute Gasteiger partial charge is 0.481 e. The fraction of sp³-hybridized carbons (Fsp3) is 0.727. The second kappa shape index (κ2) is 25.8. The summed E-state index contributed by atoms with van der Waals surface area (Å²) in [5.41, 5.74) is 22.1. The molecule has 7 atom stereocenters. The maximum Gasteiger partial charge on any atom is 0.328 e. The molecule has 0 heterocycles. The molecule has 314 valence electrons. The molecule has 22 nitrogen and oxygen atoms in total. The molecule has 0 unspecified atom stereocenters. The third-order valence-electron chi connectivity index (χ3n) is 7.97. The number of nitrogens with zero attached hydrogens (tertiary/aromatic N) is 1. The van der Waals surface area contributed by atoms with E-state index in [0.717, 1.165) is 6.92 Å². The first-order valence-electron chi connectivity index (χ1n) is 18.0. The van der Waals surface area contributed by atoms with Crippen LogP contribution in [0.2, 0.25) is 0 Å². The maximum absolute atomic E-state index is 13.6. The second-order valence-electron chi connectivity index (χ2n) is 13.8.